The third-order valence-electron chi connectivity index (χ3n) is 6.86. The minimum atomic E-state index is -3.75. The molecule has 1 aliphatic carbocycles. The SMILES string of the molecule is CC(C)c1ccccc1N(CC(=O)N(CCc1ccccc1)[C@@H](C)C(=O)NC1CCCC1)S(C)(=O)=O. The number of para-hydroxylation sites is 1. The fourth-order valence-electron chi connectivity index (χ4n) is 4.76. The summed E-state index contributed by atoms with van der Waals surface area (Å²) < 4.78 is 26.9. The molecule has 1 atom stereocenters. The molecule has 1 fully saturated rings. The standard InChI is InChI=1S/C28H39N3O4S/c1-21(2)25-16-10-11-17-26(25)31(36(4,34)35)20-27(32)30(19-18-23-12-6-5-7-13-23)22(3)28(33)29-24-14-8-9-15-24/h5-7,10-13,16-17,21-22,24H,8-9,14-15,18-20H2,1-4H3,(H,29,33)/t22-/m0/s1. The monoisotopic (exact) mass is 513 g/mol. The molecule has 0 heterocycles. The van der Waals surface area contributed by atoms with Crippen LogP contribution in [0.5, 0.6) is 0 Å². The van der Waals surface area contributed by atoms with Gasteiger partial charge in [-0.05, 0) is 49.3 Å². The second-order valence-electron chi connectivity index (χ2n) is 9.97. The molecule has 2 aromatic rings. The van der Waals surface area contributed by atoms with E-state index in [2.05, 4.69) is 5.32 Å². The molecule has 0 bridgehead atoms. The average Bonchev–Trinajstić information content (AvgIpc) is 3.35. The quantitative estimate of drug-likeness (QED) is 0.490. The van der Waals surface area contributed by atoms with Gasteiger partial charge < -0.3 is 10.2 Å². The first-order valence-electron chi connectivity index (χ1n) is 12.8. The Morgan fingerprint density at radius 2 is 1.58 bits per heavy atom. The van der Waals surface area contributed by atoms with Crippen LogP contribution in [0, 0.1) is 0 Å². The Kier molecular flexibility index (Phi) is 9.54. The van der Waals surface area contributed by atoms with Crippen LogP contribution >= 0.6 is 0 Å². The molecule has 8 heteroatoms. The Bertz CT molecular complexity index is 1130. The van der Waals surface area contributed by atoms with Crippen molar-refractivity contribution in [3.8, 4) is 0 Å². The largest absolute Gasteiger partial charge is 0.352 e. The van der Waals surface area contributed by atoms with Crippen LogP contribution in [0.15, 0.2) is 54.6 Å². The van der Waals surface area contributed by atoms with E-state index >= 15 is 0 Å². The highest BCUT2D eigenvalue weighted by Gasteiger charge is 2.31. The van der Waals surface area contributed by atoms with E-state index < -0.39 is 22.0 Å². The zero-order chi connectivity index (χ0) is 26.3. The van der Waals surface area contributed by atoms with Gasteiger partial charge in [-0.25, -0.2) is 8.42 Å². The Morgan fingerprint density at radius 3 is 2.19 bits per heavy atom. The Balaban J connectivity index is 1.87. The Labute approximate surface area is 215 Å². The van der Waals surface area contributed by atoms with Gasteiger partial charge in [0.1, 0.15) is 12.6 Å². The normalized spacial score (nSPS) is 15.0. The summed E-state index contributed by atoms with van der Waals surface area (Å²) >= 11 is 0. The fraction of sp³-hybridized carbons (Fsp3) is 0.500. The minimum Gasteiger partial charge on any atom is -0.352 e. The fourth-order valence-corrected chi connectivity index (χ4v) is 5.63. The molecule has 3 rings (SSSR count). The second-order valence-corrected chi connectivity index (χ2v) is 11.9. The first-order valence-corrected chi connectivity index (χ1v) is 14.6. The predicted octanol–water partition coefficient (Wildman–Crippen LogP) is 4.09. The van der Waals surface area contributed by atoms with Crippen LogP contribution in [-0.2, 0) is 26.0 Å². The average molecular weight is 514 g/mol. The molecule has 2 aromatic carbocycles. The topological polar surface area (TPSA) is 86.8 Å². The molecule has 1 aliphatic rings. The van der Waals surface area contributed by atoms with Crippen molar-refractivity contribution in [3.05, 3.63) is 65.7 Å². The van der Waals surface area contributed by atoms with E-state index in [1.54, 1.807) is 19.1 Å². The summed E-state index contributed by atoms with van der Waals surface area (Å²) in [5.74, 6) is -0.522. The van der Waals surface area contributed by atoms with Crippen molar-refractivity contribution in [1.29, 1.82) is 0 Å². The van der Waals surface area contributed by atoms with Gasteiger partial charge in [-0.1, -0.05) is 75.2 Å². The second kappa shape index (κ2) is 12.4. The van der Waals surface area contributed by atoms with E-state index in [0.29, 0.717) is 18.7 Å². The molecule has 36 heavy (non-hydrogen) atoms. The molecule has 0 unspecified atom stereocenters. The molecule has 7 nitrogen and oxygen atoms in total. The van der Waals surface area contributed by atoms with E-state index in [1.807, 2.05) is 56.3 Å². The summed E-state index contributed by atoms with van der Waals surface area (Å²) in [5.41, 5.74) is 2.39. The molecule has 0 spiro atoms. The summed E-state index contributed by atoms with van der Waals surface area (Å²) in [4.78, 5) is 28.3. The van der Waals surface area contributed by atoms with Gasteiger partial charge in [0, 0.05) is 12.6 Å². The van der Waals surface area contributed by atoms with E-state index in [4.69, 9.17) is 0 Å². The van der Waals surface area contributed by atoms with Gasteiger partial charge in [0.05, 0.1) is 11.9 Å². The molecule has 2 amide bonds. The van der Waals surface area contributed by atoms with Gasteiger partial charge >= 0.3 is 0 Å². The number of carbonyl (C=O) groups excluding carboxylic acids is 2. The van der Waals surface area contributed by atoms with E-state index in [-0.39, 0.29) is 24.4 Å². The van der Waals surface area contributed by atoms with E-state index in [0.717, 1.165) is 43.1 Å². The van der Waals surface area contributed by atoms with Crippen molar-refractivity contribution in [2.24, 2.45) is 0 Å². The first kappa shape index (κ1) is 27.7. The van der Waals surface area contributed by atoms with Crippen LogP contribution in [0.2, 0.25) is 0 Å². The van der Waals surface area contributed by atoms with Crippen LogP contribution in [0.4, 0.5) is 5.69 Å². The third-order valence-corrected chi connectivity index (χ3v) is 7.99. The molecule has 1 N–H and O–H groups in total. The zero-order valence-corrected chi connectivity index (χ0v) is 22.6. The molecule has 0 aromatic heterocycles. The minimum absolute atomic E-state index is 0.0749. The summed E-state index contributed by atoms with van der Waals surface area (Å²) in [6.45, 7) is 5.65. The van der Waals surface area contributed by atoms with Gasteiger partial charge in [-0.2, -0.15) is 0 Å². The molecular weight excluding hydrogens is 474 g/mol. The lowest BCUT2D eigenvalue weighted by Crippen LogP contribution is -2.53. The van der Waals surface area contributed by atoms with Crippen LogP contribution in [-0.4, -0.2) is 56.6 Å². The van der Waals surface area contributed by atoms with Gasteiger partial charge in [-0.3, -0.25) is 13.9 Å². The lowest BCUT2D eigenvalue weighted by molar-refractivity contribution is -0.139. The number of nitrogens with one attached hydrogen (secondary N) is 1. The van der Waals surface area contributed by atoms with Crippen molar-refractivity contribution in [1.82, 2.24) is 10.2 Å². The zero-order valence-electron chi connectivity index (χ0n) is 21.8. The number of rotatable bonds is 11. The maximum Gasteiger partial charge on any atom is 0.244 e. The number of hydrogen-bond acceptors (Lipinski definition) is 4. The summed E-state index contributed by atoms with van der Waals surface area (Å²) in [5, 5.41) is 3.09. The van der Waals surface area contributed by atoms with Crippen molar-refractivity contribution in [3.63, 3.8) is 0 Å². The van der Waals surface area contributed by atoms with Gasteiger partial charge in [0.25, 0.3) is 0 Å². The number of amides is 2. The molecule has 1 saturated carbocycles. The highest BCUT2D eigenvalue weighted by Crippen LogP contribution is 2.29. The van der Waals surface area contributed by atoms with Crippen LogP contribution < -0.4 is 9.62 Å². The van der Waals surface area contributed by atoms with Gasteiger partial charge in [-0.15, -0.1) is 0 Å². The van der Waals surface area contributed by atoms with Crippen molar-refractivity contribution in [2.45, 2.75) is 70.9 Å². The number of hydrogen-bond donors (Lipinski definition) is 1. The number of benzene rings is 2. The summed E-state index contributed by atoms with van der Waals surface area (Å²) in [6.07, 6.45) is 5.76. The number of carbonyl (C=O) groups is 2. The first-order chi connectivity index (χ1) is 17.1. The molecule has 196 valence electrons. The lowest BCUT2D eigenvalue weighted by atomic mass is 10.0. The van der Waals surface area contributed by atoms with E-state index in [9.17, 15) is 18.0 Å². The van der Waals surface area contributed by atoms with Gasteiger partial charge in [0.2, 0.25) is 21.8 Å². The van der Waals surface area contributed by atoms with E-state index in [1.165, 1.54) is 9.21 Å². The molecule has 0 radical (unpaired) electrons. The number of anilines is 1. The Morgan fingerprint density at radius 1 is 0.972 bits per heavy atom. The van der Waals surface area contributed by atoms with Crippen LogP contribution in [0.25, 0.3) is 0 Å². The number of nitrogens with zero attached hydrogens (tertiary/aromatic N) is 2. The van der Waals surface area contributed by atoms with Crippen molar-refractivity contribution >= 4 is 27.5 Å². The summed E-state index contributed by atoms with van der Waals surface area (Å²) in [7, 11) is -3.75. The van der Waals surface area contributed by atoms with Crippen LogP contribution in [0.1, 0.15) is 63.5 Å². The molecule has 0 aliphatic heterocycles. The number of sulfonamides is 1. The maximum atomic E-state index is 13.7. The third kappa shape index (κ3) is 7.32. The highest BCUT2D eigenvalue weighted by atomic mass is 32.2. The Hall–Kier alpha value is -2.87. The lowest BCUT2D eigenvalue weighted by Gasteiger charge is -2.32. The van der Waals surface area contributed by atoms with Gasteiger partial charge in [0.15, 0.2) is 0 Å². The predicted molar refractivity (Wildman–Crippen MR) is 144 cm³/mol. The highest BCUT2D eigenvalue weighted by molar-refractivity contribution is 7.92. The maximum absolute atomic E-state index is 13.7. The van der Waals surface area contributed by atoms with Crippen molar-refractivity contribution < 1.29 is 18.0 Å². The van der Waals surface area contributed by atoms with Crippen molar-refractivity contribution in [2.75, 3.05) is 23.7 Å². The molecule has 0 saturated heterocycles. The summed E-state index contributed by atoms with van der Waals surface area (Å²) in [6, 6.07) is 16.4. The smallest absolute Gasteiger partial charge is 0.244 e. The van der Waals surface area contributed by atoms with Crippen LogP contribution in [0.3, 0.4) is 0 Å². The molecular formula is C28H39N3O4S.